The van der Waals surface area contributed by atoms with Crippen LogP contribution in [0.5, 0.6) is 0 Å². The van der Waals surface area contributed by atoms with Crippen molar-refractivity contribution in [2.24, 2.45) is 0 Å². The van der Waals surface area contributed by atoms with Crippen LogP contribution in [0.25, 0.3) is 10.9 Å². The zero-order chi connectivity index (χ0) is 18.1. The lowest BCUT2D eigenvalue weighted by Crippen LogP contribution is -2.51. The largest absolute Gasteiger partial charge is 0.358 e. The average molecular weight is 367 g/mol. The highest BCUT2D eigenvalue weighted by Gasteiger charge is 2.27. The van der Waals surface area contributed by atoms with Crippen molar-refractivity contribution in [3.8, 4) is 0 Å². The Hall–Kier alpha value is -2.60. The van der Waals surface area contributed by atoms with E-state index in [-0.39, 0.29) is 11.8 Å². The number of hydrogen-bond donors (Lipinski definition) is 1. The summed E-state index contributed by atoms with van der Waals surface area (Å²) < 4.78 is 0. The third kappa shape index (κ3) is 3.12. The summed E-state index contributed by atoms with van der Waals surface area (Å²) in [7, 11) is 0. The zero-order valence-corrected chi connectivity index (χ0v) is 15.5. The van der Waals surface area contributed by atoms with E-state index in [0.717, 1.165) is 27.0 Å². The zero-order valence-electron chi connectivity index (χ0n) is 14.7. The predicted molar refractivity (Wildman–Crippen MR) is 104 cm³/mol. The number of nitrogens with one attached hydrogen (secondary N) is 1. The smallest absolute Gasteiger partial charge is 0.256 e. The molecule has 2 aromatic heterocycles. The van der Waals surface area contributed by atoms with Gasteiger partial charge in [0, 0.05) is 47.7 Å². The molecule has 0 aliphatic carbocycles. The van der Waals surface area contributed by atoms with Crippen LogP contribution >= 0.6 is 11.3 Å². The van der Waals surface area contributed by atoms with Crippen molar-refractivity contribution in [3.05, 3.63) is 57.9 Å². The third-order valence-corrected chi connectivity index (χ3v) is 5.81. The molecule has 0 spiro atoms. The summed E-state index contributed by atoms with van der Waals surface area (Å²) in [5, 5.41) is 2.95. The van der Waals surface area contributed by atoms with Crippen LogP contribution < -0.4 is 0 Å². The van der Waals surface area contributed by atoms with E-state index < -0.39 is 0 Å². The summed E-state index contributed by atoms with van der Waals surface area (Å²) in [5.41, 5.74) is 2.63. The van der Waals surface area contributed by atoms with Crippen molar-refractivity contribution in [1.82, 2.24) is 14.8 Å². The first-order chi connectivity index (χ1) is 12.6. The Bertz CT molecular complexity index is 937. The summed E-state index contributed by atoms with van der Waals surface area (Å²) in [5.74, 6) is 0.188. The van der Waals surface area contributed by atoms with E-state index in [1.54, 1.807) is 11.3 Å². The van der Waals surface area contributed by atoms with Gasteiger partial charge < -0.3 is 14.8 Å². The molecule has 3 heterocycles. The van der Waals surface area contributed by atoms with Crippen molar-refractivity contribution >= 4 is 34.1 Å². The Kier molecular flexibility index (Phi) is 4.51. The second-order valence-electron chi connectivity index (χ2n) is 6.60. The number of benzene rings is 1. The van der Waals surface area contributed by atoms with E-state index in [2.05, 4.69) is 4.98 Å². The number of carbonyl (C=O) groups excluding carboxylic acids is 2. The fraction of sp³-hybridized carbons (Fsp3) is 0.300. The number of amides is 2. The first-order valence-corrected chi connectivity index (χ1v) is 9.68. The normalized spacial score (nSPS) is 14.8. The molecule has 1 aromatic carbocycles. The molecule has 1 aliphatic rings. The van der Waals surface area contributed by atoms with Crippen LogP contribution in [0, 0.1) is 6.92 Å². The van der Waals surface area contributed by atoms with Crippen LogP contribution in [0.15, 0.2) is 41.8 Å². The Balaban J connectivity index is 1.43. The highest BCUT2D eigenvalue weighted by molar-refractivity contribution is 7.10. The Morgan fingerprint density at radius 3 is 2.50 bits per heavy atom. The van der Waals surface area contributed by atoms with Gasteiger partial charge in [0.2, 0.25) is 5.91 Å². The van der Waals surface area contributed by atoms with Gasteiger partial charge in [0.1, 0.15) is 0 Å². The number of nitrogens with zero attached hydrogens (tertiary/aromatic N) is 2. The molecule has 26 heavy (non-hydrogen) atoms. The second kappa shape index (κ2) is 6.96. The van der Waals surface area contributed by atoms with Gasteiger partial charge in [0.05, 0.1) is 12.0 Å². The monoisotopic (exact) mass is 367 g/mol. The van der Waals surface area contributed by atoms with Gasteiger partial charge in [0.15, 0.2) is 0 Å². The van der Waals surface area contributed by atoms with Crippen LogP contribution in [-0.4, -0.2) is 52.8 Å². The quantitative estimate of drug-likeness (QED) is 0.773. The first kappa shape index (κ1) is 16.8. The van der Waals surface area contributed by atoms with E-state index in [9.17, 15) is 9.59 Å². The first-order valence-electron chi connectivity index (χ1n) is 8.80. The van der Waals surface area contributed by atoms with Crippen LogP contribution in [0.1, 0.15) is 20.9 Å². The number of aromatic amines is 1. The molecular formula is C20H21N3O2S. The van der Waals surface area contributed by atoms with Crippen molar-refractivity contribution in [2.45, 2.75) is 13.3 Å². The van der Waals surface area contributed by atoms with Gasteiger partial charge in [-0.3, -0.25) is 9.59 Å². The number of aromatic nitrogens is 1. The van der Waals surface area contributed by atoms with Crippen molar-refractivity contribution in [3.63, 3.8) is 0 Å². The number of H-pyrrole nitrogens is 1. The second-order valence-corrected chi connectivity index (χ2v) is 7.63. The number of fused-ring (bicyclic) bond motifs is 1. The van der Waals surface area contributed by atoms with Crippen LogP contribution in [0.2, 0.25) is 0 Å². The molecule has 0 bridgehead atoms. The number of piperazine rings is 1. The van der Waals surface area contributed by atoms with Crippen LogP contribution in [0.3, 0.4) is 0 Å². The van der Waals surface area contributed by atoms with Gasteiger partial charge in [-0.05, 0) is 24.4 Å². The van der Waals surface area contributed by atoms with E-state index in [1.807, 2.05) is 58.5 Å². The molecule has 1 saturated heterocycles. The fourth-order valence-electron chi connectivity index (χ4n) is 3.54. The van der Waals surface area contributed by atoms with Crippen LogP contribution in [-0.2, 0) is 11.2 Å². The minimum absolute atomic E-state index is 0.0466. The maximum absolute atomic E-state index is 13.0. The fourth-order valence-corrected chi connectivity index (χ4v) is 4.24. The highest BCUT2D eigenvalue weighted by Crippen LogP contribution is 2.24. The van der Waals surface area contributed by atoms with Gasteiger partial charge in [0.25, 0.3) is 5.91 Å². The van der Waals surface area contributed by atoms with Crippen LogP contribution in [0.4, 0.5) is 0 Å². The van der Waals surface area contributed by atoms with Gasteiger partial charge >= 0.3 is 0 Å². The molecule has 2 amide bonds. The van der Waals surface area contributed by atoms with Gasteiger partial charge in [-0.25, -0.2) is 0 Å². The minimum atomic E-state index is 0.0466. The molecule has 4 rings (SSSR count). The lowest BCUT2D eigenvalue weighted by atomic mass is 10.1. The average Bonchev–Trinajstić information content (AvgIpc) is 3.27. The third-order valence-electron chi connectivity index (χ3n) is 4.93. The van der Waals surface area contributed by atoms with E-state index in [4.69, 9.17) is 0 Å². The molecule has 1 aliphatic heterocycles. The molecule has 3 aromatic rings. The lowest BCUT2D eigenvalue weighted by Gasteiger charge is -2.35. The summed E-state index contributed by atoms with van der Waals surface area (Å²) in [6.07, 6.45) is 0.452. The Morgan fingerprint density at radius 2 is 1.77 bits per heavy atom. The highest BCUT2D eigenvalue weighted by atomic mass is 32.1. The molecule has 134 valence electrons. The number of aryl methyl sites for hydroxylation is 1. The molecule has 0 radical (unpaired) electrons. The predicted octanol–water partition coefficient (Wildman–Crippen LogP) is 3.06. The number of para-hydroxylation sites is 1. The van der Waals surface area contributed by atoms with E-state index in [0.29, 0.717) is 32.6 Å². The summed E-state index contributed by atoms with van der Waals surface area (Å²) >= 11 is 1.61. The van der Waals surface area contributed by atoms with Crippen molar-refractivity contribution in [1.29, 1.82) is 0 Å². The topological polar surface area (TPSA) is 56.4 Å². The SMILES string of the molecule is Cc1[nH]c2ccccc2c1C(=O)N1CCN(C(=O)Cc2cccs2)CC1. The van der Waals surface area contributed by atoms with E-state index >= 15 is 0 Å². The van der Waals surface area contributed by atoms with Gasteiger partial charge in [-0.15, -0.1) is 11.3 Å². The molecule has 0 unspecified atom stereocenters. The van der Waals surface area contributed by atoms with Crippen molar-refractivity contribution in [2.75, 3.05) is 26.2 Å². The number of hydrogen-bond acceptors (Lipinski definition) is 3. The Labute approximate surface area is 156 Å². The molecule has 0 atom stereocenters. The molecule has 1 N–H and O–H groups in total. The number of rotatable bonds is 3. The maximum Gasteiger partial charge on any atom is 0.256 e. The minimum Gasteiger partial charge on any atom is -0.358 e. The summed E-state index contributed by atoms with van der Waals surface area (Å²) in [4.78, 5) is 33.6. The molecule has 1 fully saturated rings. The maximum atomic E-state index is 13.0. The number of thiophene rings is 1. The standard InChI is InChI=1S/C20H21N3O2S/c1-14-19(16-6-2-3-7-17(16)21-14)20(25)23-10-8-22(9-11-23)18(24)13-15-5-4-12-26-15/h2-7,12,21H,8-11,13H2,1H3. The van der Waals surface area contributed by atoms with Gasteiger partial charge in [-0.2, -0.15) is 0 Å². The van der Waals surface area contributed by atoms with Gasteiger partial charge in [-0.1, -0.05) is 24.3 Å². The number of carbonyl (C=O) groups is 2. The molecule has 5 nitrogen and oxygen atoms in total. The Morgan fingerprint density at radius 1 is 1.04 bits per heavy atom. The summed E-state index contributed by atoms with van der Waals surface area (Å²) in [6.45, 7) is 4.28. The summed E-state index contributed by atoms with van der Waals surface area (Å²) in [6, 6.07) is 11.8. The van der Waals surface area contributed by atoms with Crippen molar-refractivity contribution < 1.29 is 9.59 Å². The lowest BCUT2D eigenvalue weighted by molar-refractivity contribution is -0.131. The molecule has 6 heteroatoms. The van der Waals surface area contributed by atoms with E-state index in [1.165, 1.54) is 0 Å². The molecule has 0 saturated carbocycles. The molecular weight excluding hydrogens is 346 g/mol.